The first-order chi connectivity index (χ1) is 9.15. The Morgan fingerprint density at radius 3 is 2.68 bits per heavy atom. The van der Waals surface area contributed by atoms with Crippen LogP contribution in [0.5, 0.6) is 0 Å². The summed E-state index contributed by atoms with van der Waals surface area (Å²) in [6, 6.07) is 8.74. The molecule has 0 bridgehead atoms. The lowest BCUT2D eigenvalue weighted by Gasteiger charge is -2.04. The van der Waals surface area contributed by atoms with Gasteiger partial charge in [0.2, 0.25) is 5.91 Å². The lowest BCUT2D eigenvalue weighted by molar-refractivity contribution is -0.116. The molecule has 2 aromatic rings. The summed E-state index contributed by atoms with van der Waals surface area (Å²) in [7, 11) is 0. The molecule has 1 N–H and O–H groups in total. The number of nitrogens with one attached hydrogen (secondary N) is 1. The highest BCUT2D eigenvalue weighted by atomic mass is 19.1. The molecule has 1 amide bonds. The molecule has 19 heavy (non-hydrogen) atoms. The molecule has 0 aliphatic heterocycles. The van der Waals surface area contributed by atoms with E-state index in [1.807, 2.05) is 0 Å². The van der Waals surface area contributed by atoms with Gasteiger partial charge in [0.05, 0.1) is 6.26 Å². The van der Waals surface area contributed by atoms with E-state index in [-0.39, 0.29) is 30.3 Å². The number of anilines is 1. The molecular formula is C14H12FNO3. The van der Waals surface area contributed by atoms with Crippen LogP contribution in [-0.4, -0.2) is 11.7 Å². The van der Waals surface area contributed by atoms with Gasteiger partial charge >= 0.3 is 0 Å². The van der Waals surface area contributed by atoms with E-state index in [9.17, 15) is 14.0 Å². The van der Waals surface area contributed by atoms with Gasteiger partial charge in [-0.2, -0.15) is 0 Å². The van der Waals surface area contributed by atoms with E-state index >= 15 is 0 Å². The van der Waals surface area contributed by atoms with Crippen LogP contribution in [0.1, 0.15) is 23.4 Å². The summed E-state index contributed by atoms with van der Waals surface area (Å²) in [6.07, 6.45) is 1.48. The second-order valence-electron chi connectivity index (χ2n) is 3.96. The van der Waals surface area contributed by atoms with Crippen LogP contribution in [0.3, 0.4) is 0 Å². The van der Waals surface area contributed by atoms with Crippen molar-refractivity contribution >= 4 is 17.4 Å². The largest absolute Gasteiger partial charge is 0.461 e. The topological polar surface area (TPSA) is 59.3 Å². The van der Waals surface area contributed by atoms with Gasteiger partial charge in [-0.15, -0.1) is 0 Å². The van der Waals surface area contributed by atoms with Gasteiger partial charge in [-0.25, -0.2) is 4.39 Å². The highest BCUT2D eigenvalue weighted by Crippen LogP contribution is 2.11. The minimum Gasteiger partial charge on any atom is -0.461 e. The number of amides is 1. The van der Waals surface area contributed by atoms with Crippen LogP contribution in [0.2, 0.25) is 0 Å². The predicted molar refractivity (Wildman–Crippen MR) is 67.3 cm³/mol. The van der Waals surface area contributed by atoms with E-state index < -0.39 is 5.82 Å². The van der Waals surface area contributed by atoms with E-state index in [0.29, 0.717) is 5.69 Å². The molecular weight excluding hydrogens is 249 g/mol. The molecule has 0 radical (unpaired) electrons. The number of carbonyl (C=O) groups is 2. The van der Waals surface area contributed by atoms with E-state index in [4.69, 9.17) is 4.42 Å². The number of ketones is 1. The monoisotopic (exact) mass is 261 g/mol. The first-order valence-electron chi connectivity index (χ1n) is 5.77. The molecule has 0 spiro atoms. The van der Waals surface area contributed by atoms with Gasteiger partial charge in [0, 0.05) is 18.5 Å². The molecule has 98 valence electrons. The summed E-state index contributed by atoms with van der Waals surface area (Å²) < 4.78 is 17.8. The number of hydrogen-bond acceptors (Lipinski definition) is 3. The fourth-order valence-corrected chi connectivity index (χ4v) is 1.58. The SMILES string of the molecule is O=C(CCC(=O)c1ccco1)Nc1cccc(F)c1. The zero-order valence-electron chi connectivity index (χ0n) is 10.1. The number of rotatable bonds is 5. The molecule has 0 aliphatic rings. The second-order valence-corrected chi connectivity index (χ2v) is 3.96. The Labute approximate surface area is 109 Å². The molecule has 0 unspecified atom stereocenters. The Bertz CT molecular complexity index is 578. The van der Waals surface area contributed by atoms with Crippen molar-refractivity contribution < 1.29 is 18.4 Å². The third kappa shape index (κ3) is 3.77. The molecule has 0 saturated carbocycles. The van der Waals surface area contributed by atoms with Gasteiger partial charge in [-0.1, -0.05) is 6.07 Å². The fraction of sp³-hybridized carbons (Fsp3) is 0.143. The van der Waals surface area contributed by atoms with Gasteiger partial charge in [-0.3, -0.25) is 9.59 Å². The number of hydrogen-bond donors (Lipinski definition) is 1. The zero-order chi connectivity index (χ0) is 13.7. The lowest BCUT2D eigenvalue weighted by atomic mass is 10.1. The van der Waals surface area contributed by atoms with Crippen molar-refractivity contribution in [1.29, 1.82) is 0 Å². The number of halogens is 1. The molecule has 2 rings (SSSR count). The predicted octanol–water partition coefficient (Wildman–Crippen LogP) is 3.02. The number of carbonyl (C=O) groups excluding carboxylic acids is 2. The molecule has 1 heterocycles. The fourth-order valence-electron chi connectivity index (χ4n) is 1.58. The molecule has 4 nitrogen and oxygen atoms in total. The molecule has 0 fully saturated rings. The number of Topliss-reactive ketones (excluding diaryl/α,β-unsaturated/α-hetero) is 1. The summed E-state index contributed by atoms with van der Waals surface area (Å²) in [4.78, 5) is 23.2. The molecule has 1 aromatic heterocycles. The lowest BCUT2D eigenvalue weighted by Crippen LogP contribution is -2.13. The van der Waals surface area contributed by atoms with Crippen molar-refractivity contribution in [1.82, 2.24) is 0 Å². The standard InChI is InChI=1S/C14H12FNO3/c15-10-3-1-4-11(9-10)16-14(18)7-6-12(17)13-5-2-8-19-13/h1-5,8-9H,6-7H2,(H,16,18). The molecule has 1 aromatic carbocycles. The van der Waals surface area contributed by atoms with Crippen molar-refractivity contribution in [3.05, 3.63) is 54.2 Å². The minimum atomic E-state index is -0.426. The van der Waals surface area contributed by atoms with Crippen molar-refractivity contribution in [2.45, 2.75) is 12.8 Å². The Balaban J connectivity index is 1.83. The first kappa shape index (κ1) is 13.0. The van der Waals surface area contributed by atoms with Crippen LogP contribution < -0.4 is 5.32 Å². The highest BCUT2D eigenvalue weighted by molar-refractivity contribution is 5.98. The van der Waals surface area contributed by atoms with Gasteiger partial charge in [0.1, 0.15) is 5.82 Å². The zero-order valence-corrected chi connectivity index (χ0v) is 10.1. The van der Waals surface area contributed by atoms with Crippen molar-refractivity contribution in [3.63, 3.8) is 0 Å². The van der Waals surface area contributed by atoms with Crippen molar-refractivity contribution in [2.24, 2.45) is 0 Å². The summed E-state index contributed by atoms with van der Waals surface area (Å²) >= 11 is 0. The van der Waals surface area contributed by atoms with Crippen LogP contribution in [-0.2, 0) is 4.79 Å². The van der Waals surface area contributed by atoms with Gasteiger partial charge in [0.15, 0.2) is 11.5 Å². The van der Waals surface area contributed by atoms with Crippen LogP contribution in [0.25, 0.3) is 0 Å². The van der Waals surface area contributed by atoms with E-state index in [0.717, 1.165) is 0 Å². The van der Waals surface area contributed by atoms with Crippen LogP contribution >= 0.6 is 0 Å². The molecule has 5 heteroatoms. The summed E-state index contributed by atoms with van der Waals surface area (Å²) in [5.41, 5.74) is 0.371. The maximum Gasteiger partial charge on any atom is 0.224 e. The average Bonchev–Trinajstić information content (AvgIpc) is 2.90. The number of furan rings is 1. The van der Waals surface area contributed by atoms with Crippen LogP contribution in [0, 0.1) is 5.82 Å². The average molecular weight is 261 g/mol. The van der Waals surface area contributed by atoms with E-state index in [2.05, 4.69) is 5.32 Å². The molecule has 0 saturated heterocycles. The highest BCUT2D eigenvalue weighted by Gasteiger charge is 2.11. The summed E-state index contributed by atoms with van der Waals surface area (Å²) in [6.45, 7) is 0. The minimum absolute atomic E-state index is 0.0239. The van der Waals surface area contributed by atoms with Gasteiger partial charge in [0.25, 0.3) is 0 Å². The van der Waals surface area contributed by atoms with E-state index in [1.165, 1.54) is 24.5 Å². The first-order valence-corrected chi connectivity index (χ1v) is 5.77. The Morgan fingerprint density at radius 1 is 1.16 bits per heavy atom. The normalized spacial score (nSPS) is 10.2. The maximum atomic E-state index is 12.9. The van der Waals surface area contributed by atoms with Crippen molar-refractivity contribution in [3.8, 4) is 0 Å². The maximum absolute atomic E-state index is 12.9. The van der Waals surface area contributed by atoms with Gasteiger partial charge in [-0.05, 0) is 30.3 Å². The third-order valence-corrected chi connectivity index (χ3v) is 2.48. The van der Waals surface area contributed by atoms with Crippen LogP contribution in [0.4, 0.5) is 10.1 Å². The number of benzene rings is 1. The molecule has 0 atom stereocenters. The smallest absolute Gasteiger partial charge is 0.224 e. The van der Waals surface area contributed by atoms with Gasteiger partial charge < -0.3 is 9.73 Å². The Morgan fingerprint density at radius 2 is 2.00 bits per heavy atom. The summed E-state index contributed by atoms with van der Waals surface area (Å²) in [5, 5.41) is 2.52. The summed E-state index contributed by atoms with van der Waals surface area (Å²) in [5.74, 6) is -0.770. The van der Waals surface area contributed by atoms with Crippen LogP contribution in [0.15, 0.2) is 47.1 Å². The third-order valence-electron chi connectivity index (χ3n) is 2.48. The quantitative estimate of drug-likeness (QED) is 0.841. The van der Waals surface area contributed by atoms with E-state index in [1.54, 1.807) is 18.2 Å². The second kappa shape index (κ2) is 5.95. The van der Waals surface area contributed by atoms with Crippen molar-refractivity contribution in [2.75, 3.05) is 5.32 Å². The Kier molecular flexibility index (Phi) is 4.07. The molecule has 0 aliphatic carbocycles. The Hall–Kier alpha value is -2.43.